The molecule has 2 aliphatic rings. The molecule has 2 amide bonds. The molecule has 2 fully saturated rings. The number of rotatable bonds is 1. The molecule has 4 heteroatoms. The maximum absolute atomic E-state index is 12.0. The summed E-state index contributed by atoms with van der Waals surface area (Å²) in [4.78, 5) is 14.0. The van der Waals surface area contributed by atoms with Crippen LogP contribution in [0.3, 0.4) is 0 Å². The Morgan fingerprint density at radius 3 is 2.80 bits per heavy atom. The molecule has 0 bridgehead atoms. The van der Waals surface area contributed by atoms with Crippen molar-refractivity contribution >= 4 is 17.8 Å². The second-order valence-corrected chi connectivity index (χ2v) is 5.70. The fourth-order valence-electron chi connectivity index (χ4n) is 2.36. The minimum Gasteiger partial charge on any atom is -0.335 e. The van der Waals surface area contributed by atoms with Gasteiger partial charge in [-0.05, 0) is 19.8 Å². The molecule has 3 nitrogen and oxygen atoms in total. The lowest BCUT2D eigenvalue weighted by Gasteiger charge is -2.33. The Bertz CT molecular complexity index is 229. The zero-order chi connectivity index (χ0) is 10.7. The molecule has 1 heterocycles. The van der Waals surface area contributed by atoms with Gasteiger partial charge in [-0.25, -0.2) is 4.79 Å². The van der Waals surface area contributed by atoms with Crippen molar-refractivity contribution in [1.82, 2.24) is 10.2 Å². The Morgan fingerprint density at radius 2 is 2.13 bits per heavy atom. The van der Waals surface area contributed by atoms with E-state index in [1.807, 2.05) is 16.7 Å². The molecule has 86 valence electrons. The predicted molar refractivity (Wildman–Crippen MR) is 64.3 cm³/mol. The molecule has 1 atom stereocenters. The summed E-state index contributed by atoms with van der Waals surface area (Å²) in [5.41, 5.74) is 0. The van der Waals surface area contributed by atoms with Gasteiger partial charge in [-0.15, -0.1) is 0 Å². The van der Waals surface area contributed by atoms with E-state index < -0.39 is 0 Å². The van der Waals surface area contributed by atoms with Crippen LogP contribution in [0.2, 0.25) is 0 Å². The first-order chi connectivity index (χ1) is 7.27. The van der Waals surface area contributed by atoms with Crippen molar-refractivity contribution in [2.24, 2.45) is 0 Å². The second kappa shape index (κ2) is 5.10. The van der Waals surface area contributed by atoms with E-state index in [2.05, 4.69) is 12.2 Å². The lowest BCUT2D eigenvalue weighted by molar-refractivity contribution is 0.182. The van der Waals surface area contributed by atoms with Crippen molar-refractivity contribution < 1.29 is 4.79 Å². The summed E-state index contributed by atoms with van der Waals surface area (Å²) in [6.07, 6.45) is 4.89. The minimum atomic E-state index is 0.162. The molecule has 1 N–H and O–H groups in total. The van der Waals surface area contributed by atoms with Crippen LogP contribution in [0, 0.1) is 0 Å². The number of hydrogen-bond acceptors (Lipinski definition) is 2. The smallest absolute Gasteiger partial charge is 0.317 e. The van der Waals surface area contributed by atoms with Gasteiger partial charge in [0, 0.05) is 30.1 Å². The van der Waals surface area contributed by atoms with E-state index in [-0.39, 0.29) is 6.03 Å². The van der Waals surface area contributed by atoms with E-state index in [0.29, 0.717) is 12.1 Å². The van der Waals surface area contributed by atoms with Crippen molar-refractivity contribution in [2.75, 3.05) is 18.1 Å². The Kier molecular flexibility index (Phi) is 3.78. The van der Waals surface area contributed by atoms with E-state index in [1.54, 1.807) is 0 Å². The van der Waals surface area contributed by atoms with E-state index in [0.717, 1.165) is 18.1 Å². The Labute approximate surface area is 96.0 Å². The minimum absolute atomic E-state index is 0.162. The van der Waals surface area contributed by atoms with Crippen LogP contribution in [0.25, 0.3) is 0 Å². The molecule has 2 rings (SSSR count). The first kappa shape index (κ1) is 11.1. The zero-order valence-corrected chi connectivity index (χ0v) is 10.2. The van der Waals surface area contributed by atoms with Gasteiger partial charge in [-0.2, -0.15) is 11.8 Å². The Balaban J connectivity index is 1.83. The van der Waals surface area contributed by atoms with Crippen molar-refractivity contribution in [3.63, 3.8) is 0 Å². The summed E-state index contributed by atoms with van der Waals surface area (Å²) >= 11 is 1.95. The van der Waals surface area contributed by atoms with Crippen LogP contribution in [-0.2, 0) is 0 Å². The Hall–Kier alpha value is -0.380. The highest BCUT2D eigenvalue weighted by Gasteiger charge is 2.26. The van der Waals surface area contributed by atoms with Crippen LogP contribution in [-0.4, -0.2) is 41.1 Å². The summed E-state index contributed by atoms with van der Waals surface area (Å²) in [5, 5.41) is 3.16. The maximum atomic E-state index is 12.0. The largest absolute Gasteiger partial charge is 0.335 e. The standard InChI is InChI=1S/C11H20N2OS/c1-9-8-15-7-6-13(9)11(14)12-10-4-2-3-5-10/h9-10H,2-8H2,1H3,(H,12,14). The van der Waals surface area contributed by atoms with Gasteiger partial charge in [-0.3, -0.25) is 0 Å². The second-order valence-electron chi connectivity index (χ2n) is 4.55. The highest BCUT2D eigenvalue weighted by Crippen LogP contribution is 2.20. The summed E-state index contributed by atoms with van der Waals surface area (Å²) in [6, 6.07) is 0.999. The molecule has 0 aromatic heterocycles. The fourth-order valence-corrected chi connectivity index (χ4v) is 3.37. The topological polar surface area (TPSA) is 32.3 Å². The first-order valence-electron chi connectivity index (χ1n) is 5.92. The molecule has 1 unspecified atom stereocenters. The lowest BCUT2D eigenvalue weighted by atomic mass is 10.2. The number of nitrogens with one attached hydrogen (secondary N) is 1. The van der Waals surface area contributed by atoms with Crippen molar-refractivity contribution in [2.45, 2.75) is 44.7 Å². The van der Waals surface area contributed by atoms with Gasteiger partial charge in [0.15, 0.2) is 0 Å². The zero-order valence-electron chi connectivity index (χ0n) is 9.37. The van der Waals surface area contributed by atoms with Crippen molar-refractivity contribution in [3.05, 3.63) is 0 Å². The van der Waals surface area contributed by atoms with Gasteiger partial charge in [0.25, 0.3) is 0 Å². The highest BCUT2D eigenvalue weighted by molar-refractivity contribution is 7.99. The number of thioether (sulfide) groups is 1. The molecule has 1 saturated carbocycles. The van der Waals surface area contributed by atoms with Gasteiger partial charge in [-0.1, -0.05) is 12.8 Å². The van der Waals surface area contributed by atoms with Crippen LogP contribution in [0.5, 0.6) is 0 Å². The summed E-state index contributed by atoms with van der Waals surface area (Å²) < 4.78 is 0. The van der Waals surface area contributed by atoms with E-state index >= 15 is 0 Å². The molecular weight excluding hydrogens is 208 g/mol. The molecule has 0 radical (unpaired) electrons. The van der Waals surface area contributed by atoms with E-state index in [9.17, 15) is 4.79 Å². The quantitative estimate of drug-likeness (QED) is 0.745. The van der Waals surface area contributed by atoms with Crippen LogP contribution >= 0.6 is 11.8 Å². The molecule has 0 spiro atoms. The van der Waals surface area contributed by atoms with Crippen LogP contribution < -0.4 is 5.32 Å². The van der Waals surface area contributed by atoms with Crippen LogP contribution in [0.1, 0.15) is 32.6 Å². The number of amides is 2. The van der Waals surface area contributed by atoms with Gasteiger partial charge < -0.3 is 10.2 Å². The molecule has 1 saturated heterocycles. The van der Waals surface area contributed by atoms with Gasteiger partial charge in [0.05, 0.1) is 0 Å². The number of urea groups is 1. The number of carbonyl (C=O) groups is 1. The predicted octanol–water partition coefficient (Wildman–Crippen LogP) is 2.08. The van der Waals surface area contributed by atoms with Crippen molar-refractivity contribution in [3.8, 4) is 0 Å². The number of carbonyl (C=O) groups excluding carboxylic acids is 1. The molecule has 0 aromatic carbocycles. The molecule has 0 aromatic rings. The third kappa shape index (κ3) is 2.80. The summed E-state index contributed by atoms with van der Waals surface area (Å²) in [6.45, 7) is 3.05. The van der Waals surface area contributed by atoms with Gasteiger partial charge in [0.2, 0.25) is 0 Å². The van der Waals surface area contributed by atoms with Gasteiger partial charge in [0.1, 0.15) is 0 Å². The highest BCUT2D eigenvalue weighted by atomic mass is 32.2. The average molecular weight is 228 g/mol. The fraction of sp³-hybridized carbons (Fsp3) is 0.909. The van der Waals surface area contributed by atoms with E-state index in [1.165, 1.54) is 25.7 Å². The number of nitrogens with zero attached hydrogens (tertiary/aromatic N) is 1. The van der Waals surface area contributed by atoms with Crippen LogP contribution in [0.15, 0.2) is 0 Å². The van der Waals surface area contributed by atoms with Crippen LogP contribution in [0.4, 0.5) is 4.79 Å². The molecule has 1 aliphatic heterocycles. The normalized spacial score (nSPS) is 28.1. The SMILES string of the molecule is CC1CSCCN1C(=O)NC1CCCC1. The third-order valence-electron chi connectivity index (χ3n) is 3.31. The molecule has 15 heavy (non-hydrogen) atoms. The number of hydrogen-bond donors (Lipinski definition) is 1. The average Bonchev–Trinajstić information content (AvgIpc) is 2.71. The van der Waals surface area contributed by atoms with E-state index in [4.69, 9.17) is 0 Å². The lowest BCUT2D eigenvalue weighted by Crippen LogP contribution is -2.51. The first-order valence-corrected chi connectivity index (χ1v) is 7.07. The Morgan fingerprint density at radius 1 is 1.40 bits per heavy atom. The van der Waals surface area contributed by atoms with Crippen molar-refractivity contribution in [1.29, 1.82) is 0 Å². The molecule has 1 aliphatic carbocycles. The summed E-state index contributed by atoms with van der Waals surface area (Å²) in [5.74, 6) is 2.17. The molecular formula is C11H20N2OS. The third-order valence-corrected chi connectivity index (χ3v) is 4.50. The van der Waals surface area contributed by atoms with Gasteiger partial charge >= 0.3 is 6.03 Å². The monoisotopic (exact) mass is 228 g/mol. The summed E-state index contributed by atoms with van der Waals surface area (Å²) in [7, 11) is 0. The maximum Gasteiger partial charge on any atom is 0.317 e.